The standard InChI is InChI=1S/C16H23N3O3S/c1-22-9-3-6-17-16(21)18-14-5-2-4-13(12-14)15(20)19-7-10-23-11-8-19/h2,4-5,12H,3,6-11H2,1H3,(H2,17,18,21). The minimum atomic E-state index is -0.278. The molecular formula is C16H23N3O3S. The van der Waals surface area contributed by atoms with Crippen molar-refractivity contribution in [2.75, 3.05) is 50.2 Å². The molecular weight excluding hydrogens is 314 g/mol. The lowest BCUT2D eigenvalue weighted by molar-refractivity contribution is 0.0772. The third-order valence-electron chi connectivity index (χ3n) is 3.48. The summed E-state index contributed by atoms with van der Waals surface area (Å²) in [7, 11) is 1.63. The Morgan fingerprint density at radius 1 is 1.30 bits per heavy atom. The predicted octanol–water partition coefficient (Wildman–Crippen LogP) is 2.03. The summed E-state index contributed by atoms with van der Waals surface area (Å²) >= 11 is 1.87. The van der Waals surface area contributed by atoms with Crippen molar-refractivity contribution in [3.63, 3.8) is 0 Å². The van der Waals surface area contributed by atoms with E-state index in [4.69, 9.17) is 4.74 Å². The maximum absolute atomic E-state index is 12.5. The number of anilines is 1. The molecule has 0 radical (unpaired) electrons. The van der Waals surface area contributed by atoms with Crippen LogP contribution in [0.25, 0.3) is 0 Å². The van der Waals surface area contributed by atoms with Gasteiger partial charge in [0, 0.05) is 56.1 Å². The summed E-state index contributed by atoms with van der Waals surface area (Å²) in [6, 6.07) is 6.79. The SMILES string of the molecule is COCCCNC(=O)Nc1cccc(C(=O)N2CCSCC2)c1. The van der Waals surface area contributed by atoms with Crippen molar-refractivity contribution in [3.05, 3.63) is 29.8 Å². The minimum absolute atomic E-state index is 0.0226. The first-order chi connectivity index (χ1) is 11.2. The van der Waals surface area contributed by atoms with Gasteiger partial charge < -0.3 is 20.3 Å². The highest BCUT2D eigenvalue weighted by atomic mass is 32.2. The summed E-state index contributed by atoms with van der Waals surface area (Å²) in [5.74, 6) is 1.98. The number of ether oxygens (including phenoxy) is 1. The molecule has 3 amide bonds. The Balaban J connectivity index is 1.88. The molecule has 1 aliphatic heterocycles. The average Bonchev–Trinajstić information content (AvgIpc) is 2.59. The molecule has 1 heterocycles. The van der Waals surface area contributed by atoms with Crippen LogP contribution in [0.5, 0.6) is 0 Å². The number of urea groups is 1. The molecule has 1 aliphatic rings. The van der Waals surface area contributed by atoms with Crippen LogP contribution in [0.4, 0.5) is 10.5 Å². The van der Waals surface area contributed by atoms with Gasteiger partial charge in [0.15, 0.2) is 0 Å². The second kappa shape index (κ2) is 9.42. The van der Waals surface area contributed by atoms with Crippen molar-refractivity contribution in [1.82, 2.24) is 10.2 Å². The maximum Gasteiger partial charge on any atom is 0.319 e. The molecule has 2 rings (SSSR count). The minimum Gasteiger partial charge on any atom is -0.385 e. The highest BCUT2D eigenvalue weighted by Gasteiger charge is 2.18. The average molecular weight is 337 g/mol. The highest BCUT2D eigenvalue weighted by molar-refractivity contribution is 7.99. The molecule has 0 unspecified atom stereocenters. The van der Waals surface area contributed by atoms with Crippen molar-refractivity contribution in [1.29, 1.82) is 0 Å². The van der Waals surface area contributed by atoms with E-state index >= 15 is 0 Å². The number of carbonyl (C=O) groups is 2. The third kappa shape index (κ3) is 5.76. The Morgan fingerprint density at radius 2 is 2.09 bits per heavy atom. The van der Waals surface area contributed by atoms with E-state index in [0.29, 0.717) is 24.4 Å². The molecule has 1 fully saturated rings. The van der Waals surface area contributed by atoms with Crippen LogP contribution in [0.3, 0.4) is 0 Å². The number of rotatable bonds is 6. The van der Waals surface area contributed by atoms with E-state index in [9.17, 15) is 9.59 Å². The molecule has 0 aromatic heterocycles. The van der Waals surface area contributed by atoms with Crippen molar-refractivity contribution in [2.24, 2.45) is 0 Å². The van der Waals surface area contributed by atoms with Gasteiger partial charge >= 0.3 is 6.03 Å². The van der Waals surface area contributed by atoms with Gasteiger partial charge in [-0.05, 0) is 24.6 Å². The van der Waals surface area contributed by atoms with E-state index in [-0.39, 0.29) is 11.9 Å². The number of methoxy groups -OCH3 is 1. The van der Waals surface area contributed by atoms with E-state index in [0.717, 1.165) is 31.0 Å². The quantitative estimate of drug-likeness (QED) is 0.779. The monoisotopic (exact) mass is 337 g/mol. The molecule has 7 heteroatoms. The molecule has 23 heavy (non-hydrogen) atoms. The Labute approximate surface area is 140 Å². The van der Waals surface area contributed by atoms with Crippen molar-refractivity contribution < 1.29 is 14.3 Å². The normalized spacial score (nSPS) is 14.4. The van der Waals surface area contributed by atoms with Crippen LogP contribution in [0.15, 0.2) is 24.3 Å². The van der Waals surface area contributed by atoms with Gasteiger partial charge in [-0.25, -0.2) is 4.79 Å². The van der Waals surface area contributed by atoms with E-state index in [1.165, 1.54) is 0 Å². The lowest BCUT2D eigenvalue weighted by Crippen LogP contribution is -2.38. The number of carbonyl (C=O) groups excluding carboxylic acids is 2. The smallest absolute Gasteiger partial charge is 0.319 e. The molecule has 0 saturated carbocycles. The van der Waals surface area contributed by atoms with Crippen LogP contribution in [0.2, 0.25) is 0 Å². The summed E-state index contributed by atoms with van der Waals surface area (Å²) < 4.78 is 4.93. The fourth-order valence-corrected chi connectivity index (χ4v) is 3.18. The Kier molecular flexibility index (Phi) is 7.22. The topological polar surface area (TPSA) is 70.7 Å². The Bertz CT molecular complexity index is 533. The molecule has 1 aromatic rings. The van der Waals surface area contributed by atoms with Crippen LogP contribution >= 0.6 is 11.8 Å². The first-order valence-corrected chi connectivity index (χ1v) is 8.87. The van der Waals surface area contributed by atoms with E-state index in [1.54, 1.807) is 31.4 Å². The van der Waals surface area contributed by atoms with Crippen LogP contribution in [-0.4, -0.2) is 61.7 Å². The molecule has 1 aromatic carbocycles. The van der Waals surface area contributed by atoms with Crippen molar-refractivity contribution in [2.45, 2.75) is 6.42 Å². The summed E-state index contributed by atoms with van der Waals surface area (Å²) in [6.45, 7) is 2.71. The van der Waals surface area contributed by atoms with Crippen LogP contribution in [-0.2, 0) is 4.74 Å². The molecule has 6 nitrogen and oxygen atoms in total. The molecule has 1 saturated heterocycles. The van der Waals surface area contributed by atoms with Crippen LogP contribution < -0.4 is 10.6 Å². The summed E-state index contributed by atoms with van der Waals surface area (Å²) in [4.78, 5) is 26.1. The van der Waals surface area contributed by atoms with E-state index < -0.39 is 0 Å². The molecule has 126 valence electrons. The highest BCUT2D eigenvalue weighted by Crippen LogP contribution is 2.16. The zero-order valence-corrected chi connectivity index (χ0v) is 14.2. The predicted molar refractivity (Wildman–Crippen MR) is 93.2 cm³/mol. The van der Waals surface area contributed by atoms with E-state index in [1.807, 2.05) is 16.7 Å². The van der Waals surface area contributed by atoms with Crippen molar-refractivity contribution in [3.8, 4) is 0 Å². The van der Waals surface area contributed by atoms with Gasteiger partial charge in [-0.1, -0.05) is 6.07 Å². The molecule has 0 bridgehead atoms. The second-order valence-electron chi connectivity index (χ2n) is 5.21. The molecule has 0 spiro atoms. The van der Waals surface area contributed by atoms with Gasteiger partial charge in [0.05, 0.1) is 0 Å². The summed E-state index contributed by atoms with van der Waals surface area (Å²) in [5, 5.41) is 5.50. The Morgan fingerprint density at radius 3 is 2.83 bits per heavy atom. The van der Waals surface area contributed by atoms with Gasteiger partial charge in [0.25, 0.3) is 5.91 Å². The lowest BCUT2D eigenvalue weighted by Gasteiger charge is -2.26. The zero-order chi connectivity index (χ0) is 16.5. The number of amides is 3. The number of benzene rings is 1. The molecule has 0 aliphatic carbocycles. The van der Waals surface area contributed by atoms with Gasteiger partial charge in [0.1, 0.15) is 0 Å². The Hall–Kier alpha value is -1.73. The van der Waals surface area contributed by atoms with Crippen molar-refractivity contribution >= 4 is 29.4 Å². The number of hydrogen-bond acceptors (Lipinski definition) is 4. The van der Waals surface area contributed by atoms with Gasteiger partial charge in [-0.15, -0.1) is 0 Å². The lowest BCUT2D eigenvalue weighted by atomic mass is 10.1. The maximum atomic E-state index is 12.5. The fourth-order valence-electron chi connectivity index (χ4n) is 2.27. The summed E-state index contributed by atoms with van der Waals surface area (Å²) in [5.41, 5.74) is 1.22. The molecule has 2 N–H and O–H groups in total. The summed E-state index contributed by atoms with van der Waals surface area (Å²) in [6.07, 6.45) is 0.759. The molecule has 0 atom stereocenters. The van der Waals surface area contributed by atoms with Gasteiger partial charge in [-0.2, -0.15) is 11.8 Å². The number of thioether (sulfide) groups is 1. The number of nitrogens with zero attached hydrogens (tertiary/aromatic N) is 1. The van der Waals surface area contributed by atoms with Crippen LogP contribution in [0.1, 0.15) is 16.8 Å². The largest absolute Gasteiger partial charge is 0.385 e. The third-order valence-corrected chi connectivity index (χ3v) is 4.42. The first-order valence-electron chi connectivity index (χ1n) is 7.71. The zero-order valence-electron chi connectivity index (χ0n) is 13.3. The van der Waals surface area contributed by atoms with Crippen LogP contribution in [0, 0.1) is 0 Å². The van der Waals surface area contributed by atoms with Gasteiger partial charge in [-0.3, -0.25) is 4.79 Å². The number of hydrogen-bond donors (Lipinski definition) is 2. The van der Waals surface area contributed by atoms with E-state index in [2.05, 4.69) is 10.6 Å². The fraction of sp³-hybridized carbons (Fsp3) is 0.500. The van der Waals surface area contributed by atoms with Gasteiger partial charge in [0.2, 0.25) is 0 Å². The second-order valence-corrected chi connectivity index (χ2v) is 6.44. The first kappa shape index (κ1) is 17.6. The number of nitrogens with one attached hydrogen (secondary N) is 2.